The van der Waals surface area contributed by atoms with Crippen LogP contribution in [0.15, 0.2) is 42.6 Å². The lowest BCUT2D eigenvalue weighted by molar-refractivity contribution is -0.122. The smallest absolute Gasteiger partial charge is 0.319 e. The third-order valence-electron chi connectivity index (χ3n) is 6.67. The maximum Gasteiger partial charge on any atom is 0.319 e. The van der Waals surface area contributed by atoms with Gasteiger partial charge in [0.25, 0.3) is 0 Å². The average molecular weight is 486 g/mol. The molecule has 1 saturated heterocycles. The number of anilines is 1. The number of carbonyl (C=O) groups is 2. The van der Waals surface area contributed by atoms with Gasteiger partial charge in [-0.05, 0) is 61.6 Å². The van der Waals surface area contributed by atoms with E-state index in [2.05, 4.69) is 25.8 Å². The van der Waals surface area contributed by atoms with Crippen molar-refractivity contribution in [2.75, 3.05) is 38.6 Å². The largest absolute Gasteiger partial charge is 0.495 e. The topological polar surface area (TPSA) is 95.6 Å². The van der Waals surface area contributed by atoms with Gasteiger partial charge in [0.1, 0.15) is 5.75 Å². The van der Waals surface area contributed by atoms with Crippen LogP contribution in [0.2, 0.25) is 5.02 Å². The van der Waals surface area contributed by atoms with Crippen molar-refractivity contribution < 1.29 is 14.3 Å². The summed E-state index contributed by atoms with van der Waals surface area (Å²) in [7, 11) is 1.60. The van der Waals surface area contributed by atoms with E-state index in [1.165, 1.54) is 19.3 Å². The molecule has 2 heterocycles. The third-order valence-corrected chi connectivity index (χ3v) is 6.92. The number of pyridine rings is 1. The lowest BCUT2D eigenvalue weighted by Crippen LogP contribution is -2.52. The Morgan fingerprint density at radius 2 is 1.94 bits per heavy atom. The van der Waals surface area contributed by atoms with Crippen molar-refractivity contribution in [3.63, 3.8) is 0 Å². The zero-order chi connectivity index (χ0) is 23.9. The number of urea groups is 1. The number of methoxy groups -OCH3 is 1. The molecule has 1 aliphatic heterocycles. The van der Waals surface area contributed by atoms with E-state index in [0.717, 1.165) is 18.8 Å². The van der Waals surface area contributed by atoms with E-state index in [0.29, 0.717) is 41.9 Å². The number of aromatic nitrogens is 1. The summed E-state index contributed by atoms with van der Waals surface area (Å²) in [6.45, 7) is 2.46. The fourth-order valence-corrected chi connectivity index (χ4v) is 4.58. The number of benzene rings is 1. The first-order valence-corrected chi connectivity index (χ1v) is 12.2. The van der Waals surface area contributed by atoms with Crippen molar-refractivity contribution >= 4 is 29.2 Å². The number of amides is 3. The molecule has 2 unspecified atom stereocenters. The van der Waals surface area contributed by atoms with Crippen molar-refractivity contribution in [3.8, 4) is 5.75 Å². The Morgan fingerprint density at radius 3 is 2.59 bits per heavy atom. The molecule has 2 fully saturated rings. The Kier molecular flexibility index (Phi) is 8.24. The molecule has 1 aliphatic carbocycles. The van der Waals surface area contributed by atoms with Crippen LogP contribution in [0.4, 0.5) is 10.5 Å². The van der Waals surface area contributed by atoms with E-state index in [-0.39, 0.29) is 23.9 Å². The minimum Gasteiger partial charge on any atom is -0.495 e. The van der Waals surface area contributed by atoms with Gasteiger partial charge in [-0.15, -0.1) is 0 Å². The molecule has 3 amide bonds. The van der Waals surface area contributed by atoms with Gasteiger partial charge in [-0.25, -0.2) is 4.79 Å². The number of hydrogen-bond donors (Lipinski definition) is 3. The van der Waals surface area contributed by atoms with Gasteiger partial charge in [0.2, 0.25) is 5.91 Å². The maximum atomic E-state index is 12.7. The number of ether oxygens (including phenoxy) is 1. The van der Waals surface area contributed by atoms with E-state index in [1.807, 2.05) is 12.1 Å². The van der Waals surface area contributed by atoms with Crippen molar-refractivity contribution in [2.45, 2.75) is 37.6 Å². The molecule has 8 nitrogen and oxygen atoms in total. The Morgan fingerprint density at radius 1 is 1.15 bits per heavy atom. The SMILES string of the molecule is COc1ccc(C2CN(CC(=O)NCC3CCC3)CCC2NC(=O)Nc2ccc(Cl)cc2)nc1. The van der Waals surface area contributed by atoms with Crippen molar-refractivity contribution in [1.29, 1.82) is 0 Å². The van der Waals surface area contributed by atoms with Crippen molar-refractivity contribution in [3.05, 3.63) is 53.3 Å². The zero-order valence-electron chi connectivity index (χ0n) is 19.4. The molecule has 2 atom stereocenters. The molecule has 1 aromatic heterocycles. The maximum absolute atomic E-state index is 12.7. The lowest BCUT2D eigenvalue weighted by Gasteiger charge is -2.38. The second-order valence-electron chi connectivity index (χ2n) is 9.07. The first-order chi connectivity index (χ1) is 16.5. The van der Waals surface area contributed by atoms with E-state index in [9.17, 15) is 9.59 Å². The second-order valence-corrected chi connectivity index (χ2v) is 9.50. The molecule has 182 valence electrons. The molecule has 2 aliphatic rings. The molecule has 9 heteroatoms. The first-order valence-electron chi connectivity index (χ1n) is 11.8. The summed E-state index contributed by atoms with van der Waals surface area (Å²) in [6.07, 6.45) is 6.08. The minimum absolute atomic E-state index is 0.0558. The number of nitrogens with zero attached hydrogens (tertiary/aromatic N) is 2. The second kappa shape index (κ2) is 11.5. The van der Waals surface area contributed by atoms with Gasteiger partial charge in [0.05, 0.1) is 19.9 Å². The number of nitrogens with one attached hydrogen (secondary N) is 3. The average Bonchev–Trinajstić information content (AvgIpc) is 2.80. The normalized spacial score (nSPS) is 20.8. The van der Waals surface area contributed by atoms with Gasteiger partial charge < -0.3 is 20.7 Å². The predicted octanol–water partition coefficient (Wildman–Crippen LogP) is 3.64. The van der Waals surface area contributed by atoms with Gasteiger partial charge in [-0.3, -0.25) is 14.7 Å². The molecule has 4 rings (SSSR count). The predicted molar refractivity (Wildman–Crippen MR) is 132 cm³/mol. The number of likely N-dealkylation sites (tertiary alicyclic amines) is 1. The van der Waals surface area contributed by atoms with Crippen molar-refractivity contribution in [1.82, 2.24) is 20.5 Å². The summed E-state index contributed by atoms with van der Waals surface area (Å²) in [5, 5.41) is 9.65. The summed E-state index contributed by atoms with van der Waals surface area (Å²) in [5.74, 6) is 1.31. The van der Waals surface area contributed by atoms with Crippen LogP contribution in [0.3, 0.4) is 0 Å². The summed E-state index contributed by atoms with van der Waals surface area (Å²) < 4.78 is 5.24. The van der Waals surface area contributed by atoms with Crippen LogP contribution in [0.1, 0.15) is 37.3 Å². The van der Waals surface area contributed by atoms with Crippen LogP contribution < -0.4 is 20.7 Å². The highest BCUT2D eigenvalue weighted by Crippen LogP contribution is 2.28. The van der Waals surface area contributed by atoms with Gasteiger partial charge >= 0.3 is 6.03 Å². The van der Waals surface area contributed by atoms with Gasteiger partial charge in [0, 0.05) is 48.0 Å². The van der Waals surface area contributed by atoms with Crippen LogP contribution in [-0.4, -0.2) is 61.2 Å². The van der Waals surface area contributed by atoms with E-state index in [1.54, 1.807) is 37.6 Å². The Balaban J connectivity index is 1.39. The zero-order valence-corrected chi connectivity index (χ0v) is 20.2. The van der Waals surface area contributed by atoms with Crippen LogP contribution in [0.5, 0.6) is 5.75 Å². The fourth-order valence-electron chi connectivity index (χ4n) is 4.45. The first kappa shape index (κ1) is 24.3. The van der Waals surface area contributed by atoms with E-state index < -0.39 is 0 Å². The molecule has 0 radical (unpaired) electrons. The summed E-state index contributed by atoms with van der Waals surface area (Å²) in [4.78, 5) is 31.9. The Hall–Kier alpha value is -2.84. The van der Waals surface area contributed by atoms with Gasteiger partial charge in [-0.2, -0.15) is 0 Å². The number of carbonyl (C=O) groups excluding carboxylic acids is 2. The third kappa shape index (κ3) is 6.61. The van der Waals surface area contributed by atoms with Gasteiger partial charge in [0.15, 0.2) is 0 Å². The molecule has 0 bridgehead atoms. The molecular weight excluding hydrogens is 454 g/mol. The summed E-state index contributed by atoms with van der Waals surface area (Å²) >= 11 is 5.93. The van der Waals surface area contributed by atoms with Crippen LogP contribution >= 0.6 is 11.6 Å². The van der Waals surface area contributed by atoms with E-state index in [4.69, 9.17) is 16.3 Å². The quantitative estimate of drug-likeness (QED) is 0.530. The molecular formula is C25H32ClN5O3. The molecule has 2 aromatic rings. The Bertz CT molecular complexity index is 966. The number of rotatable bonds is 8. The highest BCUT2D eigenvalue weighted by Gasteiger charge is 2.33. The lowest BCUT2D eigenvalue weighted by atomic mass is 9.85. The standard InChI is InChI=1S/C25H32ClN5O3/c1-34-20-9-10-22(27-14-20)21-15-31(16-24(32)28-13-17-3-2-4-17)12-11-23(21)30-25(33)29-19-7-5-18(26)6-8-19/h5-10,14,17,21,23H,2-4,11-13,15-16H2,1H3,(H,28,32)(H2,29,30,33). The highest BCUT2D eigenvalue weighted by molar-refractivity contribution is 6.30. The molecule has 1 aromatic carbocycles. The number of piperidine rings is 1. The Labute approximate surface area is 205 Å². The summed E-state index contributed by atoms with van der Waals surface area (Å²) in [6, 6.07) is 10.4. The molecule has 34 heavy (non-hydrogen) atoms. The fraction of sp³-hybridized carbons (Fsp3) is 0.480. The van der Waals surface area contributed by atoms with Crippen LogP contribution in [-0.2, 0) is 4.79 Å². The van der Waals surface area contributed by atoms with Crippen LogP contribution in [0.25, 0.3) is 0 Å². The number of hydrogen-bond acceptors (Lipinski definition) is 5. The molecule has 0 spiro atoms. The van der Waals surface area contributed by atoms with Crippen LogP contribution in [0, 0.1) is 5.92 Å². The monoisotopic (exact) mass is 485 g/mol. The number of halogens is 1. The van der Waals surface area contributed by atoms with Gasteiger partial charge in [-0.1, -0.05) is 18.0 Å². The molecule has 3 N–H and O–H groups in total. The minimum atomic E-state index is -0.280. The van der Waals surface area contributed by atoms with Crippen molar-refractivity contribution in [2.24, 2.45) is 5.92 Å². The van der Waals surface area contributed by atoms with E-state index >= 15 is 0 Å². The summed E-state index contributed by atoms with van der Waals surface area (Å²) in [5.41, 5.74) is 1.53. The highest BCUT2D eigenvalue weighted by atomic mass is 35.5. The molecule has 1 saturated carbocycles.